The molecule has 0 bridgehead atoms. The topological polar surface area (TPSA) is 54.9 Å². The van der Waals surface area contributed by atoms with E-state index in [1.807, 2.05) is 42.5 Å². The van der Waals surface area contributed by atoms with Crippen LogP contribution in [0, 0.1) is 0 Å². The number of hydrogen-bond donors (Lipinski definition) is 1. The van der Waals surface area contributed by atoms with Crippen LogP contribution in [0.5, 0.6) is 0 Å². The molecule has 0 saturated heterocycles. The summed E-state index contributed by atoms with van der Waals surface area (Å²) < 4.78 is 0. The molecule has 122 valence electrons. The minimum absolute atomic E-state index is 0.177. The summed E-state index contributed by atoms with van der Waals surface area (Å²) in [6.45, 7) is 0. The summed E-state index contributed by atoms with van der Waals surface area (Å²) in [6.07, 6.45) is 0.775. The van der Waals surface area contributed by atoms with Crippen LogP contribution in [-0.4, -0.2) is 16.1 Å². The molecule has 0 aliphatic heterocycles. The third-order valence-corrected chi connectivity index (χ3v) is 4.90. The second-order valence-electron chi connectivity index (χ2n) is 5.09. The van der Waals surface area contributed by atoms with Crippen LogP contribution in [-0.2, 0) is 17.6 Å². The van der Waals surface area contributed by atoms with E-state index in [1.165, 1.54) is 11.3 Å². The highest BCUT2D eigenvalue weighted by molar-refractivity contribution is 7.15. The van der Waals surface area contributed by atoms with Gasteiger partial charge in [0.1, 0.15) is 5.01 Å². The Morgan fingerprint density at radius 1 is 0.958 bits per heavy atom. The number of benzene rings is 2. The van der Waals surface area contributed by atoms with Gasteiger partial charge in [-0.2, -0.15) is 0 Å². The number of amides is 1. The van der Waals surface area contributed by atoms with Crippen molar-refractivity contribution in [1.29, 1.82) is 0 Å². The fourth-order valence-corrected chi connectivity index (χ4v) is 3.34. The molecule has 4 nitrogen and oxygen atoms in total. The summed E-state index contributed by atoms with van der Waals surface area (Å²) in [5.74, 6) is -0.177. The summed E-state index contributed by atoms with van der Waals surface area (Å²) in [6, 6.07) is 14.8. The molecule has 1 heterocycles. The molecule has 0 unspecified atom stereocenters. The van der Waals surface area contributed by atoms with Crippen molar-refractivity contribution in [1.82, 2.24) is 10.2 Å². The lowest BCUT2D eigenvalue weighted by Gasteiger charge is -2.03. The number of aromatic nitrogens is 2. The predicted molar refractivity (Wildman–Crippen MR) is 98.0 cm³/mol. The number of nitrogens with one attached hydrogen (secondary N) is 1. The number of nitrogens with zero attached hydrogens (tertiary/aromatic N) is 2. The van der Waals surface area contributed by atoms with Crippen LogP contribution in [0.1, 0.15) is 16.1 Å². The Kier molecular flexibility index (Phi) is 5.45. The average Bonchev–Trinajstić information content (AvgIpc) is 2.99. The SMILES string of the molecule is O=C(Cc1ccccc1Cl)Nc1nnc(Cc2ccccc2Cl)s1. The van der Waals surface area contributed by atoms with Crippen LogP contribution in [0.15, 0.2) is 48.5 Å². The highest BCUT2D eigenvalue weighted by Crippen LogP contribution is 2.23. The van der Waals surface area contributed by atoms with E-state index in [0.29, 0.717) is 21.6 Å². The van der Waals surface area contributed by atoms with Crippen molar-refractivity contribution in [2.45, 2.75) is 12.8 Å². The Labute approximate surface area is 153 Å². The zero-order valence-electron chi connectivity index (χ0n) is 12.5. The van der Waals surface area contributed by atoms with E-state index in [2.05, 4.69) is 15.5 Å². The Morgan fingerprint density at radius 3 is 2.25 bits per heavy atom. The molecule has 1 amide bonds. The van der Waals surface area contributed by atoms with Gasteiger partial charge in [0.25, 0.3) is 0 Å². The van der Waals surface area contributed by atoms with Crippen LogP contribution in [0.2, 0.25) is 10.0 Å². The molecular formula is C17H13Cl2N3OS. The molecule has 0 aliphatic carbocycles. The van der Waals surface area contributed by atoms with E-state index in [9.17, 15) is 4.79 Å². The van der Waals surface area contributed by atoms with E-state index in [1.54, 1.807) is 6.07 Å². The molecular weight excluding hydrogens is 365 g/mol. The largest absolute Gasteiger partial charge is 0.300 e. The quantitative estimate of drug-likeness (QED) is 0.705. The van der Waals surface area contributed by atoms with Crippen molar-refractivity contribution in [2.75, 3.05) is 5.32 Å². The Balaban J connectivity index is 1.63. The van der Waals surface area contributed by atoms with Crippen LogP contribution in [0.3, 0.4) is 0 Å². The predicted octanol–water partition coefficient (Wildman–Crippen LogP) is 4.62. The molecule has 0 atom stereocenters. The van der Waals surface area contributed by atoms with Gasteiger partial charge in [0.05, 0.1) is 6.42 Å². The first-order valence-corrected chi connectivity index (χ1v) is 8.78. The van der Waals surface area contributed by atoms with Crippen LogP contribution >= 0.6 is 34.5 Å². The summed E-state index contributed by atoms with van der Waals surface area (Å²) in [5.41, 5.74) is 1.75. The highest BCUT2D eigenvalue weighted by atomic mass is 35.5. The van der Waals surface area contributed by atoms with Crippen molar-refractivity contribution < 1.29 is 4.79 Å². The van der Waals surface area contributed by atoms with E-state index >= 15 is 0 Å². The highest BCUT2D eigenvalue weighted by Gasteiger charge is 2.11. The molecule has 3 rings (SSSR count). The zero-order valence-corrected chi connectivity index (χ0v) is 14.8. The van der Waals surface area contributed by atoms with Gasteiger partial charge in [-0.15, -0.1) is 10.2 Å². The third kappa shape index (κ3) is 4.32. The minimum atomic E-state index is -0.177. The molecule has 0 fully saturated rings. The maximum absolute atomic E-state index is 12.1. The molecule has 1 N–H and O–H groups in total. The molecule has 7 heteroatoms. The Morgan fingerprint density at radius 2 is 1.58 bits per heavy atom. The van der Waals surface area contributed by atoms with E-state index < -0.39 is 0 Å². The second-order valence-corrected chi connectivity index (χ2v) is 6.96. The molecule has 0 spiro atoms. The monoisotopic (exact) mass is 377 g/mol. The molecule has 1 aromatic heterocycles. The molecule has 0 radical (unpaired) electrons. The van der Waals surface area contributed by atoms with Crippen LogP contribution in [0.25, 0.3) is 0 Å². The van der Waals surface area contributed by atoms with Gasteiger partial charge in [-0.3, -0.25) is 4.79 Å². The first kappa shape index (κ1) is 16.9. The smallest absolute Gasteiger partial charge is 0.230 e. The van der Waals surface area contributed by atoms with Crippen molar-refractivity contribution in [3.8, 4) is 0 Å². The van der Waals surface area contributed by atoms with E-state index in [-0.39, 0.29) is 12.3 Å². The van der Waals surface area contributed by atoms with Gasteiger partial charge in [-0.05, 0) is 23.3 Å². The fraction of sp³-hybridized carbons (Fsp3) is 0.118. The minimum Gasteiger partial charge on any atom is -0.300 e. The number of anilines is 1. The Bertz CT molecular complexity index is 866. The van der Waals surface area contributed by atoms with Crippen molar-refractivity contribution in [2.24, 2.45) is 0 Å². The number of rotatable bonds is 5. The van der Waals surface area contributed by atoms with Gasteiger partial charge in [-0.25, -0.2) is 0 Å². The average molecular weight is 378 g/mol. The lowest BCUT2D eigenvalue weighted by atomic mass is 10.1. The van der Waals surface area contributed by atoms with Gasteiger partial charge >= 0.3 is 0 Å². The summed E-state index contributed by atoms with van der Waals surface area (Å²) in [4.78, 5) is 12.1. The van der Waals surface area contributed by atoms with E-state index in [4.69, 9.17) is 23.2 Å². The summed E-state index contributed by atoms with van der Waals surface area (Å²) in [5, 5.41) is 13.4. The number of carbonyl (C=O) groups excluding carboxylic acids is 1. The summed E-state index contributed by atoms with van der Waals surface area (Å²) in [7, 11) is 0. The number of carbonyl (C=O) groups is 1. The normalized spacial score (nSPS) is 10.6. The Hall–Kier alpha value is -1.95. The maximum Gasteiger partial charge on any atom is 0.230 e. The lowest BCUT2D eigenvalue weighted by Crippen LogP contribution is -2.14. The first-order chi connectivity index (χ1) is 11.6. The van der Waals surface area contributed by atoms with Gasteiger partial charge in [0, 0.05) is 16.5 Å². The van der Waals surface area contributed by atoms with Crippen molar-refractivity contribution in [3.05, 3.63) is 74.7 Å². The van der Waals surface area contributed by atoms with Crippen LogP contribution in [0.4, 0.5) is 5.13 Å². The lowest BCUT2D eigenvalue weighted by molar-refractivity contribution is -0.115. The van der Waals surface area contributed by atoms with Crippen molar-refractivity contribution >= 4 is 45.6 Å². The van der Waals surface area contributed by atoms with Crippen molar-refractivity contribution in [3.63, 3.8) is 0 Å². The molecule has 24 heavy (non-hydrogen) atoms. The van der Waals surface area contributed by atoms with Crippen LogP contribution < -0.4 is 5.32 Å². The number of hydrogen-bond acceptors (Lipinski definition) is 4. The standard InChI is InChI=1S/C17H13Cl2N3OS/c18-13-7-3-1-5-11(13)9-15(23)20-17-22-21-16(24-17)10-12-6-2-4-8-14(12)19/h1-8H,9-10H2,(H,20,22,23). The molecule has 3 aromatic rings. The van der Waals surface area contributed by atoms with E-state index in [0.717, 1.165) is 16.1 Å². The maximum atomic E-state index is 12.1. The summed E-state index contributed by atoms with van der Waals surface area (Å²) >= 11 is 13.5. The van der Waals surface area contributed by atoms with Gasteiger partial charge in [0.2, 0.25) is 11.0 Å². The third-order valence-electron chi connectivity index (χ3n) is 3.32. The molecule has 0 aliphatic rings. The van der Waals surface area contributed by atoms with Gasteiger partial charge in [-0.1, -0.05) is 70.9 Å². The first-order valence-electron chi connectivity index (χ1n) is 7.21. The van der Waals surface area contributed by atoms with Gasteiger partial charge in [0.15, 0.2) is 0 Å². The molecule has 0 saturated carbocycles. The second kappa shape index (κ2) is 7.75. The van der Waals surface area contributed by atoms with Gasteiger partial charge < -0.3 is 5.32 Å². The number of halogens is 2. The fourth-order valence-electron chi connectivity index (χ4n) is 2.16. The molecule has 2 aromatic carbocycles. The zero-order chi connectivity index (χ0) is 16.9.